The molecule has 1 aromatic heterocycles. The number of hydrogen-bond acceptors (Lipinski definition) is 3. The van der Waals surface area contributed by atoms with Gasteiger partial charge in [0.15, 0.2) is 0 Å². The number of aromatic nitrogens is 2. The van der Waals surface area contributed by atoms with Gasteiger partial charge in [0.05, 0.1) is 23.7 Å². The highest BCUT2D eigenvalue weighted by Crippen LogP contribution is 2.19. The molecule has 0 saturated heterocycles. The molecule has 3 N–H and O–H groups in total. The Bertz CT molecular complexity index is 536. The molecule has 19 heavy (non-hydrogen) atoms. The van der Waals surface area contributed by atoms with Crippen molar-refractivity contribution < 1.29 is 4.79 Å². The van der Waals surface area contributed by atoms with Crippen LogP contribution in [0.4, 0.5) is 5.69 Å². The van der Waals surface area contributed by atoms with Crippen molar-refractivity contribution in [2.75, 3.05) is 5.32 Å². The summed E-state index contributed by atoms with van der Waals surface area (Å²) in [5.74, 6) is -0.158. The highest BCUT2D eigenvalue weighted by atomic mass is 16.2. The molecule has 0 saturated carbocycles. The number of imidazole rings is 1. The minimum atomic E-state index is -0.471. The highest BCUT2D eigenvalue weighted by Gasteiger charge is 2.14. The molecule has 0 aliphatic heterocycles. The molecule has 0 fully saturated rings. The summed E-state index contributed by atoms with van der Waals surface area (Å²) in [5.41, 5.74) is 7.42. The quantitative estimate of drug-likeness (QED) is 0.860. The van der Waals surface area contributed by atoms with Crippen LogP contribution in [0.5, 0.6) is 0 Å². The van der Waals surface area contributed by atoms with Gasteiger partial charge in [0.2, 0.25) is 5.91 Å². The van der Waals surface area contributed by atoms with Gasteiger partial charge in [-0.1, -0.05) is 25.5 Å². The van der Waals surface area contributed by atoms with Gasteiger partial charge in [-0.25, -0.2) is 4.98 Å². The molecule has 0 radical (unpaired) electrons. The third-order valence-corrected chi connectivity index (χ3v) is 2.88. The molecule has 1 unspecified atom stereocenters. The Hall–Kier alpha value is -2.14. The van der Waals surface area contributed by atoms with Crippen molar-refractivity contribution in [3.05, 3.63) is 43.0 Å². The average molecular weight is 258 g/mol. The number of benzene rings is 1. The second-order valence-corrected chi connectivity index (χ2v) is 4.37. The number of nitrogens with two attached hydrogens (primary N) is 1. The van der Waals surface area contributed by atoms with E-state index in [1.165, 1.54) is 0 Å². The molecule has 100 valence electrons. The Morgan fingerprint density at radius 3 is 2.95 bits per heavy atom. The van der Waals surface area contributed by atoms with E-state index in [1.54, 1.807) is 12.5 Å². The first-order valence-electron chi connectivity index (χ1n) is 6.36. The van der Waals surface area contributed by atoms with Gasteiger partial charge >= 0.3 is 0 Å². The Balaban J connectivity index is 2.19. The molecule has 0 spiro atoms. The molecule has 1 aromatic carbocycles. The zero-order valence-corrected chi connectivity index (χ0v) is 10.9. The minimum absolute atomic E-state index is 0.158. The summed E-state index contributed by atoms with van der Waals surface area (Å²) >= 11 is 0. The van der Waals surface area contributed by atoms with E-state index in [2.05, 4.69) is 10.3 Å². The van der Waals surface area contributed by atoms with Crippen LogP contribution in [0.15, 0.2) is 43.0 Å². The standard InChI is InChI=1S/C14H18N4O/c1-2-5-11(15)14(19)17-12-6-3-4-7-13(12)18-9-8-16-10-18/h3-4,6-11H,2,5,15H2,1H3,(H,17,19). The topological polar surface area (TPSA) is 72.9 Å². The van der Waals surface area contributed by atoms with E-state index in [0.29, 0.717) is 6.42 Å². The first kappa shape index (κ1) is 13.3. The number of carbonyl (C=O) groups excluding carboxylic acids is 1. The SMILES string of the molecule is CCCC(N)C(=O)Nc1ccccc1-n1ccnc1. The Labute approximate surface area is 112 Å². The summed E-state index contributed by atoms with van der Waals surface area (Å²) in [4.78, 5) is 16.0. The lowest BCUT2D eigenvalue weighted by Crippen LogP contribution is -2.35. The number of anilines is 1. The van der Waals surface area contributed by atoms with Crippen molar-refractivity contribution in [1.29, 1.82) is 0 Å². The summed E-state index contributed by atoms with van der Waals surface area (Å²) in [6, 6.07) is 7.09. The van der Waals surface area contributed by atoms with Crippen LogP contribution in [-0.4, -0.2) is 21.5 Å². The monoisotopic (exact) mass is 258 g/mol. The molecule has 1 atom stereocenters. The van der Waals surface area contributed by atoms with E-state index >= 15 is 0 Å². The number of nitrogens with one attached hydrogen (secondary N) is 1. The van der Waals surface area contributed by atoms with E-state index < -0.39 is 6.04 Å². The molecular weight excluding hydrogens is 240 g/mol. The Morgan fingerprint density at radius 2 is 2.26 bits per heavy atom. The molecular formula is C14H18N4O. The predicted molar refractivity (Wildman–Crippen MR) is 75.1 cm³/mol. The summed E-state index contributed by atoms with van der Waals surface area (Å²) in [6.45, 7) is 2.01. The van der Waals surface area contributed by atoms with Crippen molar-refractivity contribution in [3.8, 4) is 5.69 Å². The van der Waals surface area contributed by atoms with Crippen molar-refractivity contribution in [3.63, 3.8) is 0 Å². The summed E-state index contributed by atoms with van der Waals surface area (Å²) in [5, 5.41) is 2.87. The van der Waals surface area contributed by atoms with Crippen LogP contribution in [0.3, 0.4) is 0 Å². The van der Waals surface area contributed by atoms with Gasteiger partial charge in [-0.2, -0.15) is 0 Å². The van der Waals surface area contributed by atoms with E-state index in [9.17, 15) is 4.79 Å². The Morgan fingerprint density at radius 1 is 1.47 bits per heavy atom. The van der Waals surface area contributed by atoms with Gasteiger partial charge in [0.1, 0.15) is 0 Å². The third-order valence-electron chi connectivity index (χ3n) is 2.88. The van der Waals surface area contributed by atoms with E-state index in [4.69, 9.17) is 5.73 Å². The maximum Gasteiger partial charge on any atom is 0.241 e. The molecule has 1 heterocycles. The predicted octanol–water partition coefficient (Wildman–Crippen LogP) is 1.94. The van der Waals surface area contributed by atoms with E-state index in [0.717, 1.165) is 17.8 Å². The van der Waals surface area contributed by atoms with Gasteiger partial charge in [-0.15, -0.1) is 0 Å². The number of amides is 1. The number of hydrogen-bond donors (Lipinski definition) is 2. The van der Waals surface area contributed by atoms with Crippen LogP contribution in [0, 0.1) is 0 Å². The van der Waals surface area contributed by atoms with E-state index in [1.807, 2.05) is 42.0 Å². The lowest BCUT2D eigenvalue weighted by atomic mass is 10.1. The average Bonchev–Trinajstić information content (AvgIpc) is 2.93. The number of nitrogens with zero attached hydrogens (tertiary/aromatic N) is 2. The number of rotatable bonds is 5. The van der Waals surface area contributed by atoms with Gasteiger partial charge in [0.25, 0.3) is 0 Å². The maximum atomic E-state index is 12.0. The smallest absolute Gasteiger partial charge is 0.241 e. The lowest BCUT2D eigenvalue weighted by molar-refractivity contribution is -0.117. The molecule has 2 aromatic rings. The van der Waals surface area contributed by atoms with Gasteiger partial charge in [0, 0.05) is 12.4 Å². The fourth-order valence-electron chi connectivity index (χ4n) is 1.87. The van der Waals surface area contributed by atoms with Gasteiger partial charge < -0.3 is 15.6 Å². The Kier molecular flexibility index (Phi) is 4.30. The second-order valence-electron chi connectivity index (χ2n) is 4.37. The summed E-state index contributed by atoms with van der Waals surface area (Å²) in [6.07, 6.45) is 6.78. The summed E-state index contributed by atoms with van der Waals surface area (Å²) < 4.78 is 1.85. The number of carbonyl (C=O) groups is 1. The van der Waals surface area contributed by atoms with Crippen molar-refractivity contribution >= 4 is 11.6 Å². The molecule has 0 aliphatic rings. The first-order chi connectivity index (χ1) is 9.22. The largest absolute Gasteiger partial charge is 0.323 e. The van der Waals surface area contributed by atoms with E-state index in [-0.39, 0.29) is 5.91 Å². The lowest BCUT2D eigenvalue weighted by Gasteiger charge is -2.14. The van der Waals surface area contributed by atoms with Crippen LogP contribution < -0.4 is 11.1 Å². The molecule has 0 bridgehead atoms. The minimum Gasteiger partial charge on any atom is -0.323 e. The fraction of sp³-hybridized carbons (Fsp3) is 0.286. The summed E-state index contributed by atoms with van der Waals surface area (Å²) in [7, 11) is 0. The van der Waals surface area contributed by atoms with Crippen LogP contribution >= 0.6 is 0 Å². The second kappa shape index (κ2) is 6.15. The zero-order chi connectivity index (χ0) is 13.7. The normalized spacial score (nSPS) is 12.1. The molecule has 0 aliphatic carbocycles. The zero-order valence-electron chi connectivity index (χ0n) is 10.9. The fourth-order valence-corrected chi connectivity index (χ4v) is 1.87. The van der Waals surface area contributed by atoms with Crippen LogP contribution in [0.2, 0.25) is 0 Å². The molecule has 5 nitrogen and oxygen atoms in total. The first-order valence-corrected chi connectivity index (χ1v) is 6.36. The van der Waals surface area contributed by atoms with Crippen LogP contribution in [0.25, 0.3) is 5.69 Å². The van der Waals surface area contributed by atoms with Crippen LogP contribution in [-0.2, 0) is 4.79 Å². The van der Waals surface area contributed by atoms with Crippen LogP contribution in [0.1, 0.15) is 19.8 Å². The number of para-hydroxylation sites is 2. The third kappa shape index (κ3) is 3.20. The highest BCUT2D eigenvalue weighted by molar-refractivity contribution is 5.96. The van der Waals surface area contributed by atoms with Crippen molar-refractivity contribution in [2.45, 2.75) is 25.8 Å². The molecule has 1 amide bonds. The molecule has 2 rings (SSSR count). The molecule has 5 heteroatoms. The van der Waals surface area contributed by atoms with Crippen molar-refractivity contribution in [2.24, 2.45) is 5.73 Å². The maximum absolute atomic E-state index is 12.0. The van der Waals surface area contributed by atoms with Crippen molar-refractivity contribution in [1.82, 2.24) is 9.55 Å². The van der Waals surface area contributed by atoms with Gasteiger partial charge in [-0.3, -0.25) is 4.79 Å². The van der Waals surface area contributed by atoms with Gasteiger partial charge in [-0.05, 0) is 18.6 Å².